The van der Waals surface area contributed by atoms with Crippen LogP contribution in [0.2, 0.25) is 0 Å². The van der Waals surface area contributed by atoms with Gasteiger partial charge < -0.3 is 19.1 Å². The van der Waals surface area contributed by atoms with Crippen molar-refractivity contribution in [3.8, 4) is 11.5 Å². The van der Waals surface area contributed by atoms with E-state index in [4.69, 9.17) is 14.2 Å². The van der Waals surface area contributed by atoms with Gasteiger partial charge in [0.1, 0.15) is 0 Å². The predicted molar refractivity (Wildman–Crippen MR) is 85.9 cm³/mol. The molecule has 0 unspecified atom stereocenters. The lowest BCUT2D eigenvalue weighted by atomic mass is 10.1. The fraction of sp³-hybridized carbons (Fsp3) is 0.222. The summed E-state index contributed by atoms with van der Waals surface area (Å²) in [5.41, 5.74) is 0.914. The highest BCUT2D eigenvalue weighted by molar-refractivity contribution is 5.93. The summed E-state index contributed by atoms with van der Waals surface area (Å²) in [7, 11) is 3.24. The quantitative estimate of drug-likeness (QED) is 0.807. The Kier molecular flexibility index (Phi) is 4.37. The number of hydrogen-bond acceptors (Lipinski definition) is 5. The molecule has 1 heterocycles. The van der Waals surface area contributed by atoms with Crippen LogP contribution in [0.15, 0.2) is 48.5 Å². The number of ether oxygens (including phenoxy) is 3. The van der Waals surface area contributed by atoms with Crippen molar-refractivity contribution >= 4 is 11.9 Å². The van der Waals surface area contributed by atoms with E-state index in [1.165, 1.54) is 4.90 Å². The molecule has 0 saturated carbocycles. The van der Waals surface area contributed by atoms with E-state index in [1.54, 1.807) is 56.6 Å². The number of carbonyl (C=O) groups excluding carboxylic acids is 2. The van der Waals surface area contributed by atoms with E-state index in [-0.39, 0.29) is 12.7 Å². The van der Waals surface area contributed by atoms with Gasteiger partial charge in [0.15, 0.2) is 11.5 Å². The summed E-state index contributed by atoms with van der Waals surface area (Å²) in [6.45, 7) is 0.125. The third-order valence-corrected chi connectivity index (χ3v) is 3.60. The number of fused-ring (bicyclic) bond motifs is 1. The molecule has 0 N–H and O–H groups in total. The lowest BCUT2D eigenvalue weighted by molar-refractivity contribution is -0.138. The highest BCUT2D eigenvalue weighted by Crippen LogP contribution is 2.33. The summed E-state index contributed by atoms with van der Waals surface area (Å²) in [5, 5.41) is 0. The fourth-order valence-electron chi connectivity index (χ4n) is 2.32. The smallest absolute Gasteiger partial charge is 0.339 e. The Labute approximate surface area is 139 Å². The first-order chi connectivity index (χ1) is 11.6. The predicted octanol–water partition coefficient (Wildman–Crippen LogP) is 2.40. The molecule has 1 aliphatic heterocycles. The maximum Gasteiger partial charge on any atom is 0.339 e. The minimum absolute atomic E-state index is 0.125. The molecule has 6 nitrogen and oxygen atoms in total. The Balaban J connectivity index is 1.84. The number of carbonyl (C=O) groups is 2. The monoisotopic (exact) mass is 327 g/mol. The molecule has 6 heteroatoms. The summed E-state index contributed by atoms with van der Waals surface area (Å²) in [4.78, 5) is 26.3. The molecule has 2 aromatic carbocycles. The molecule has 2 aromatic rings. The van der Waals surface area contributed by atoms with E-state index in [1.807, 2.05) is 6.07 Å². The summed E-state index contributed by atoms with van der Waals surface area (Å²) in [5.74, 6) is 0.155. The SMILES string of the molecule is CN(C)C(=O)[C@@H](OC(=O)c1ccc2c(c1)OCO2)c1ccccc1. The van der Waals surface area contributed by atoms with Gasteiger partial charge in [0, 0.05) is 19.7 Å². The van der Waals surface area contributed by atoms with Crippen LogP contribution in [-0.4, -0.2) is 37.7 Å². The van der Waals surface area contributed by atoms with Gasteiger partial charge in [-0.2, -0.15) is 0 Å². The van der Waals surface area contributed by atoms with Crippen molar-refractivity contribution in [1.82, 2.24) is 4.90 Å². The molecule has 0 saturated heterocycles. The molecule has 1 amide bonds. The van der Waals surface area contributed by atoms with E-state index in [0.29, 0.717) is 22.6 Å². The molecule has 0 fully saturated rings. The molecule has 0 aromatic heterocycles. The van der Waals surface area contributed by atoms with Crippen LogP contribution in [0.5, 0.6) is 11.5 Å². The zero-order chi connectivity index (χ0) is 17.1. The van der Waals surface area contributed by atoms with Crippen molar-refractivity contribution < 1.29 is 23.8 Å². The second-order valence-corrected chi connectivity index (χ2v) is 5.50. The molecule has 1 atom stereocenters. The average Bonchev–Trinajstić information content (AvgIpc) is 3.07. The summed E-state index contributed by atoms with van der Waals surface area (Å²) >= 11 is 0. The van der Waals surface area contributed by atoms with E-state index in [2.05, 4.69) is 0 Å². The van der Waals surface area contributed by atoms with Crippen LogP contribution in [-0.2, 0) is 9.53 Å². The Bertz CT molecular complexity index is 757. The molecular formula is C18H17NO5. The maximum atomic E-state index is 12.5. The lowest BCUT2D eigenvalue weighted by Gasteiger charge is -2.21. The summed E-state index contributed by atoms with van der Waals surface area (Å²) < 4.78 is 16.0. The van der Waals surface area contributed by atoms with Crippen molar-refractivity contribution in [2.45, 2.75) is 6.10 Å². The van der Waals surface area contributed by atoms with Gasteiger partial charge in [0.2, 0.25) is 12.9 Å². The van der Waals surface area contributed by atoms with Crippen molar-refractivity contribution in [2.75, 3.05) is 20.9 Å². The van der Waals surface area contributed by atoms with Crippen LogP contribution in [0, 0.1) is 0 Å². The number of amides is 1. The Hall–Kier alpha value is -3.02. The van der Waals surface area contributed by atoms with Gasteiger partial charge in [-0.3, -0.25) is 4.79 Å². The standard InChI is InChI=1S/C18H17NO5/c1-19(2)17(20)16(12-6-4-3-5-7-12)24-18(21)13-8-9-14-15(10-13)23-11-22-14/h3-10,16H,11H2,1-2H3/t16-/m0/s1. The summed E-state index contributed by atoms with van der Waals surface area (Å²) in [6, 6.07) is 13.7. The van der Waals surface area contributed by atoms with Crippen LogP contribution in [0.25, 0.3) is 0 Å². The van der Waals surface area contributed by atoms with Crippen LogP contribution in [0.4, 0.5) is 0 Å². The zero-order valence-electron chi connectivity index (χ0n) is 13.4. The van der Waals surface area contributed by atoms with Gasteiger partial charge in [-0.05, 0) is 18.2 Å². The van der Waals surface area contributed by atoms with E-state index >= 15 is 0 Å². The molecule has 0 spiro atoms. The van der Waals surface area contributed by atoms with Crippen molar-refractivity contribution in [3.63, 3.8) is 0 Å². The summed E-state index contributed by atoms with van der Waals surface area (Å²) in [6.07, 6.45) is -1.00. The molecule has 0 aliphatic carbocycles. The number of nitrogens with zero attached hydrogens (tertiary/aromatic N) is 1. The van der Waals surface area contributed by atoms with Gasteiger partial charge in [-0.25, -0.2) is 4.79 Å². The van der Waals surface area contributed by atoms with Gasteiger partial charge in [-0.15, -0.1) is 0 Å². The molecular weight excluding hydrogens is 310 g/mol. The first kappa shape index (κ1) is 15.9. The van der Waals surface area contributed by atoms with Crippen molar-refractivity contribution in [3.05, 3.63) is 59.7 Å². The second-order valence-electron chi connectivity index (χ2n) is 5.50. The Morgan fingerprint density at radius 3 is 2.46 bits per heavy atom. The minimum Gasteiger partial charge on any atom is -0.454 e. The maximum absolute atomic E-state index is 12.5. The largest absolute Gasteiger partial charge is 0.454 e. The third-order valence-electron chi connectivity index (χ3n) is 3.60. The fourth-order valence-corrected chi connectivity index (χ4v) is 2.32. The number of rotatable bonds is 4. The number of esters is 1. The van der Waals surface area contributed by atoms with Crippen molar-refractivity contribution in [2.24, 2.45) is 0 Å². The second kappa shape index (κ2) is 6.62. The van der Waals surface area contributed by atoms with Gasteiger partial charge in [0.25, 0.3) is 5.91 Å². The average molecular weight is 327 g/mol. The van der Waals surface area contributed by atoms with Gasteiger partial charge in [-0.1, -0.05) is 30.3 Å². The molecule has 0 bridgehead atoms. The highest BCUT2D eigenvalue weighted by Gasteiger charge is 2.27. The van der Waals surface area contributed by atoms with Crippen LogP contribution < -0.4 is 9.47 Å². The lowest BCUT2D eigenvalue weighted by Crippen LogP contribution is -2.31. The van der Waals surface area contributed by atoms with Crippen molar-refractivity contribution in [1.29, 1.82) is 0 Å². The molecule has 3 rings (SSSR count). The van der Waals surface area contributed by atoms with Crippen LogP contribution in [0.1, 0.15) is 22.0 Å². The first-order valence-electron chi connectivity index (χ1n) is 7.43. The van der Waals surface area contributed by atoms with Crippen LogP contribution >= 0.6 is 0 Å². The van der Waals surface area contributed by atoms with Crippen LogP contribution in [0.3, 0.4) is 0 Å². The first-order valence-corrected chi connectivity index (χ1v) is 7.43. The number of benzene rings is 2. The number of hydrogen-bond donors (Lipinski definition) is 0. The highest BCUT2D eigenvalue weighted by atomic mass is 16.7. The normalized spacial score (nSPS) is 13.2. The molecule has 24 heavy (non-hydrogen) atoms. The molecule has 0 radical (unpaired) electrons. The zero-order valence-corrected chi connectivity index (χ0v) is 13.4. The number of likely N-dealkylation sites (N-methyl/N-ethyl adjacent to an activating group) is 1. The van der Waals surface area contributed by atoms with E-state index in [9.17, 15) is 9.59 Å². The van der Waals surface area contributed by atoms with Gasteiger partial charge >= 0.3 is 5.97 Å². The Morgan fingerprint density at radius 2 is 1.75 bits per heavy atom. The minimum atomic E-state index is -1.00. The van der Waals surface area contributed by atoms with E-state index < -0.39 is 12.1 Å². The topological polar surface area (TPSA) is 65.1 Å². The molecule has 124 valence electrons. The molecule has 1 aliphatic rings. The van der Waals surface area contributed by atoms with Gasteiger partial charge in [0.05, 0.1) is 5.56 Å². The third kappa shape index (κ3) is 3.17. The Morgan fingerprint density at radius 1 is 1.04 bits per heavy atom. The van der Waals surface area contributed by atoms with E-state index in [0.717, 1.165) is 0 Å².